The third-order valence-electron chi connectivity index (χ3n) is 3.65. The molecule has 1 aromatic heterocycles. The minimum absolute atomic E-state index is 0.166. The molecular formula is C17H17F3N2O2S2. The molecule has 0 atom stereocenters. The van der Waals surface area contributed by atoms with Gasteiger partial charge in [0.05, 0.1) is 18.2 Å². The van der Waals surface area contributed by atoms with Crippen LogP contribution in [-0.4, -0.2) is 18.2 Å². The number of carbonyl (C=O) groups is 1. The van der Waals surface area contributed by atoms with Crippen LogP contribution in [0.1, 0.15) is 33.3 Å². The molecule has 0 aliphatic heterocycles. The number of anilines is 2. The number of rotatable bonds is 4. The monoisotopic (exact) mass is 402 g/mol. The number of alkyl halides is 3. The van der Waals surface area contributed by atoms with Crippen LogP contribution < -0.4 is 10.6 Å². The molecule has 0 fully saturated rings. The van der Waals surface area contributed by atoms with E-state index in [2.05, 4.69) is 10.6 Å². The molecule has 4 nitrogen and oxygen atoms in total. The summed E-state index contributed by atoms with van der Waals surface area (Å²) in [7, 11) is 1.30. The first kappa shape index (κ1) is 20.2. The SMILES string of the molecule is CCc1c(C)sc(NC(=S)Nc2ccc(C(F)(F)F)cc2)c1C(=O)OC. The lowest BCUT2D eigenvalue weighted by Gasteiger charge is -2.12. The molecule has 0 radical (unpaired) electrons. The molecule has 1 aromatic carbocycles. The van der Waals surface area contributed by atoms with Crippen molar-refractivity contribution in [2.75, 3.05) is 17.7 Å². The second kappa shape index (κ2) is 8.05. The Hall–Kier alpha value is -2.13. The van der Waals surface area contributed by atoms with E-state index in [0.717, 1.165) is 22.6 Å². The highest BCUT2D eigenvalue weighted by Gasteiger charge is 2.30. The zero-order valence-electron chi connectivity index (χ0n) is 14.3. The molecule has 0 saturated carbocycles. The van der Waals surface area contributed by atoms with E-state index in [0.29, 0.717) is 22.7 Å². The van der Waals surface area contributed by atoms with E-state index in [9.17, 15) is 18.0 Å². The summed E-state index contributed by atoms with van der Waals surface area (Å²) < 4.78 is 42.6. The Morgan fingerprint density at radius 2 is 1.85 bits per heavy atom. The maximum absolute atomic E-state index is 12.6. The smallest absolute Gasteiger partial charge is 0.416 e. The third-order valence-corrected chi connectivity index (χ3v) is 4.92. The predicted octanol–water partition coefficient (Wildman–Crippen LogP) is 5.23. The molecule has 0 bridgehead atoms. The second-order valence-corrected chi connectivity index (χ2v) is 6.97. The summed E-state index contributed by atoms with van der Waals surface area (Å²) in [6.45, 7) is 3.83. The lowest BCUT2D eigenvalue weighted by atomic mass is 10.1. The van der Waals surface area contributed by atoms with E-state index in [1.54, 1.807) is 0 Å². The van der Waals surface area contributed by atoms with Gasteiger partial charge >= 0.3 is 12.1 Å². The van der Waals surface area contributed by atoms with Gasteiger partial charge in [0, 0.05) is 10.6 Å². The minimum atomic E-state index is -4.39. The van der Waals surface area contributed by atoms with Crippen LogP contribution in [0.2, 0.25) is 0 Å². The Labute approximate surface area is 158 Å². The van der Waals surface area contributed by atoms with Crippen molar-refractivity contribution in [3.05, 3.63) is 45.8 Å². The first-order valence-electron chi connectivity index (χ1n) is 7.63. The third kappa shape index (κ3) is 4.53. The van der Waals surface area contributed by atoms with E-state index < -0.39 is 17.7 Å². The van der Waals surface area contributed by atoms with E-state index in [1.165, 1.54) is 30.6 Å². The van der Waals surface area contributed by atoms with Crippen molar-refractivity contribution in [3.63, 3.8) is 0 Å². The highest BCUT2D eigenvalue weighted by molar-refractivity contribution is 7.80. The first-order chi connectivity index (χ1) is 12.2. The van der Waals surface area contributed by atoms with Crippen LogP contribution in [0.5, 0.6) is 0 Å². The summed E-state index contributed by atoms with van der Waals surface area (Å²) in [5, 5.41) is 6.44. The van der Waals surface area contributed by atoms with Crippen molar-refractivity contribution in [1.29, 1.82) is 0 Å². The van der Waals surface area contributed by atoms with Crippen molar-refractivity contribution < 1.29 is 22.7 Å². The average molecular weight is 402 g/mol. The molecule has 1 heterocycles. The number of carbonyl (C=O) groups excluding carboxylic acids is 1. The van der Waals surface area contributed by atoms with Crippen molar-refractivity contribution in [2.45, 2.75) is 26.4 Å². The lowest BCUT2D eigenvalue weighted by molar-refractivity contribution is -0.137. The Balaban J connectivity index is 2.17. The Kier molecular flexibility index (Phi) is 6.25. The van der Waals surface area contributed by atoms with Crippen LogP contribution in [0, 0.1) is 6.92 Å². The number of benzene rings is 1. The number of thiophene rings is 1. The first-order valence-corrected chi connectivity index (χ1v) is 8.85. The number of halogens is 3. The highest BCUT2D eigenvalue weighted by Crippen LogP contribution is 2.34. The highest BCUT2D eigenvalue weighted by atomic mass is 32.1. The molecule has 26 heavy (non-hydrogen) atoms. The van der Waals surface area contributed by atoms with Gasteiger partial charge in [0.1, 0.15) is 5.00 Å². The fourth-order valence-electron chi connectivity index (χ4n) is 2.42. The number of thiocarbonyl (C=S) groups is 1. The lowest BCUT2D eigenvalue weighted by Crippen LogP contribution is -2.20. The fourth-order valence-corrected chi connectivity index (χ4v) is 3.84. The zero-order chi connectivity index (χ0) is 19.5. The fraction of sp³-hybridized carbons (Fsp3) is 0.294. The quantitative estimate of drug-likeness (QED) is 0.542. The van der Waals surface area contributed by atoms with Gasteiger partial charge in [0.25, 0.3) is 0 Å². The molecule has 0 unspecified atom stereocenters. The van der Waals surface area contributed by atoms with Crippen LogP contribution in [0.4, 0.5) is 23.9 Å². The molecule has 0 amide bonds. The normalized spacial score (nSPS) is 11.2. The summed E-state index contributed by atoms with van der Waals surface area (Å²) in [4.78, 5) is 13.0. The number of aryl methyl sites for hydroxylation is 1. The van der Waals surface area contributed by atoms with E-state index >= 15 is 0 Å². The Bertz CT molecular complexity index is 815. The Morgan fingerprint density at radius 3 is 2.35 bits per heavy atom. The van der Waals surface area contributed by atoms with Crippen molar-refractivity contribution in [2.24, 2.45) is 0 Å². The van der Waals surface area contributed by atoms with Gasteiger partial charge in [-0.3, -0.25) is 0 Å². The summed E-state index contributed by atoms with van der Waals surface area (Å²) in [6, 6.07) is 4.51. The van der Waals surface area contributed by atoms with Gasteiger partial charge in [-0.25, -0.2) is 4.79 Å². The van der Waals surface area contributed by atoms with Gasteiger partial charge in [-0.1, -0.05) is 6.92 Å². The van der Waals surface area contributed by atoms with Crippen LogP contribution in [-0.2, 0) is 17.3 Å². The molecule has 0 aliphatic carbocycles. The van der Waals surface area contributed by atoms with Gasteiger partial charge in [-0.2, -0.15) is 13.2 Å². The number of hydrogen-bond acceptors (Lipinski definition) is 4. The van der Waals surface area contributed by atoms with Crippen LogP contribution in [0.15, 0.2) is 24.3 Å². The van der Waals surface area contributed by atoms with Crippen molar-refractivity contribution in [1.82, 2.24) is 0 Å². The van der Waals surface area contributed by atoms with Gasteiger partial charge in [0.2, 0.25) is 0 Å². The molecule has 0 saturated heterocycles. The van der Waals surface area contributed by atoms with Crippen LogP contribution in [0.25, 0.3) is 0 Å². The van der Waals surface area contributed by atoms with Gasteiger partial charge in [-0.05, 0) is 55.4 Å². The standard InChI is InChI=1S/C17H17F3N2O2S2/c1-4-12-9(2)26-14(13(12)15(23)24-3)22-16(25)21-11-7-5-10(6-8-11)17(18,19)20/h5-8H,4H2,1-3H3,(H2,21,22,25). The second-order valence-electron chi connectivity index (χ2n) is 5.34. The number of nitrogens with one attached hydrogen (secondary N) is 2. The largest absolute Gasteiger partial charge is 0.465 e. The molecule has 0 aliphatic rings. The van der Waals surface area contributed by atoms with Crippen LogP contribution >= 0.6 is 23.6 Å². The van der Waals surface area contributed by atoms with Crippen molar-refractivity contribution in [3.8, 4) is 0 Å². The molecule has 140 valence electrons. The maximum Gasteiger partial charge on any atom is 0.416 e. The van der Waals surface area contributed by atoms with Crippen molar-refractivity contribution >= 4 is 45.3 Å². The van der Waals surface area contributed by atoms with E-state index in [4.69, 9.17) is 17.0 Å². The number of esters is 1. The molecule has 0 spiro atoms. The molecule has 2 rings (SSSR count). The predicted molar refractivity (Wildman–Crippen MR) is 101 cm³/mol. The number of hydrogen-bond donors (Lipinski definition) is 2. The van der Waals surface area contributed by atoms with Gasteiger partial charge in [-0.15, -0.1) is 11.3 Å². The summed E-state index contributed by atoms with van der Waals surface area (Å²) in [5.41, 5.74) is 0.964. The summed E-state index contributed by atoms with van der Waals surface area (Å²) in [6.07, 6.45) is -3.73. The summed E-state index contributed by atoms with van der Waals surface area (Å²) >= 11 is 6.57. The maximum atomic E-state index is 12.6. The molecule has 2 N–H and O–H groups in total. The average Bonchev–Trinajstić information content (AvgIpc) is 2.88. The van der Waals surface area contributed by atoms with Gasteiger partial charge < -0.3 is 15.4 Å². The summed E-state index contributed by atoms with van der Waals surface area (Å²) in [5.74, 6) is -0.467. The topological polar surface area (TPSA) is 50.4 Å². The number of methoxy groups -OCH3 is 1. The molecule has 9 heteroatoms. The molecular weight excluding hydrogens is 385 g/mol. The molecule has 2 aromatic rings. The Morgan fingerprint density at radius 1 is 1.23 bits per heavy atom. The van der Waals surface area contributed by atoms with E-state index in [-0.39, 0.29) is 5.11 Å². The van der Waals surface area contributed by atoms with E-state index in [1.807, 2.05) is 13.8 Å². The zero-order valence-corrected chi connectivity index (χ0v) is 15.9. The number of ether oxygens (including phenoxy) is 1. The minimum Gasteiger partial charge on any atom is -0.465 e. The van der Waals surface area contributed by atoms with Gasteiger partial charge in [0.15, 0.2) is 5.11 Å². The van der Waals surface area contributed by atoms with Crippen LogP contribution in [0.3, 0.4) is 0 Å².